The third kappa shape index (κ3) is 4.79. The Morgan fingerprint density at radius 1 is 1.10 bits per heavy atom. The number of aliphatic hydroxyl groups is 1. The minimum absolute atomic E-state index is 0. The standard InChI is InChI=1S/C23H29ClN2O2.ClH/c24-19-8-4-7-18(14-19)23(16-25)11-9-20(10-12-23)26-21(15-28-22(26)27)13-17-5-2-1-3-6-17;/h1-8,14,20-22,27H,9-13,15-16,25H2;1H/t20?,21-,22?,23?;/m0./s1. The summed E-state index contributed by atoms with van der Waals surface area (Å²) in [7, 11) is 0. The van der Waals surface area contributed by atoms with Crippen LogP contribution in [0.2, 0.25) is 5.02 Å². The van der Waals surface area contributed by atoms with Crippen LogP contribution in [0.3, 0.4) is 0 Å². The predicted molar refractivity (Wildman–Crippen MR) is 119 cm³/mol. The molecule has 0 aromatic heterocycles. The second kappa shape index (κ2) is 9.78. The van der Waals surface area contributed by atoms with Gasteiger partial charge in [0.05, 0.1) is 6.61 Å². The Labute approximate surface area is 184 Å². The Balaban J connectivity index is 0.00000240. The minimum atomic E-state index is -0.810. The number of nitrogens with zero attached hydrogens (tertiary/aromatic N) is 1. The maximum Gasteiger partial charge on any atom is 0.216 e. The first-order valence-corrected chi connectivity index (χ1v) is 10.6. The van der Waals surface area contributed by atoms with Crippen LogP contribution in [0.15, 0.2) is 54.6 Å². The molecule has 4 rings (SSSR count). The quantitative estimate of drug-likeness (QED) is 0.739. The number of aliphatic hydroxyl groups excluding tert-OH is 1. The Hall–Kier alpha value is -1.14. The molecular formula is C23H30Cl2N2O2. The van der Waals surface area contributed by atoms with E-state index in [0.29, 0.717) is 19.2 Å². The molecule has 1 aliphatic carbocycles. The summed E-state index contributed by atoms with van der Waals surface area (Å²) in [4.78, 5) is 2.19. The molecule has 1 heterocycles. The summed E-state index contributed by atoms with van der Waals surface area (Å²) < 4.78 is 5.62. The largest absolute Gasteiger partial charge is 0.356 e. The Morgan fingerprint density at radius 3 is 2.48 bits per heavy atom. The molecule has 0 radical (unpaired) electrons. The summed E-state index contributed by atoms with van der Waals surface area (Å²) in [6.07, 6.45) is 4.07. The zero-order valence-electron chi connectivity index (χ0n) is 16.5. The molecule has 0 amide bonds. The molecule has 6 heteroatoms. The predicted octanol–water partition coefficient (Wildman–Crippen LogP) is 4.12. The van der Waals surface area contributed by atoms with Gasteiger partial charge in [-0.3, -0.25) is 0 Å². The zero-order chi connectivity index (χ0) is 19.6. The highest BCUT2D eigenvalue weighted by Gasteiger charge is 2.43. The van der Waals surface area contributed by atoms with Gasteiger partial charge >= 0.3 is 0 Å². The van der Waals surface area contributed by atoms with Gasteiger partial charge in [-0.05, 0) is 55.4 Å². The first-order chi connectivity index (χ1) is 13.6. The smallest absolute Gasteiger partial charge is 0.216 e. The van der Waals surface area contributed by atoms with E-state index in [9.17, 15) is 5.11 Å². The van der Waals surface area contributed by atoms with E-state index in [1.165, 1.54) is 11.1 Å². The third-order valence-electron chi connectivity index (χ3n) is 6.59. The van der Waals surface area contributed by atoms with Gasteiger partial charge in [-0.1, -0.05) is 54.1 Å². The number of hydrogen-bond donors (Lipinski definition) is 2. The number of halogens is 2. The van der Waals surface area contributed by atoms with Gasteiger partial charge in [0.15, 0.2) is 0 Å². The van der Waals surface area contributed by atoms with Gasteiger partial charge in [0, 0.05) is 29.1 Å². The average Bonchev–Trinajstić information content (AvgIpc) is 3.09. The molecule has 158 valence electrons. The minimum Gasteiger partial charge on any atom is -0.356 e. The van der Waals surface area contributed by atoms with Crippen LogP contribution in [0.25, 0.3) is 0 Å². The fraction of sp³-hybridized carbons (Fsp3) is 0.478. The van der Waals surface area contributed by atoms with E-state index in [1.54, 1.807) is 0 Å². The number of benzene rings is 2. The van der Waals surface area contributed by atoms with Gasteiger partial charge in [0.1, 0.15) is 0 Å². The molecule has 0 spiro atoms. The topological polar surface area (TPSA) is 58.7 Å². The molecule has 2 aliphatic rings. The van der Waals surface area contributed by atoms with Crippen LogP contribution in [0.5, 0.6) is 0 Å². The van der Waals surface area contributed by atoms with Crippen LogP contribution in [0.4, 0.5) is 0 Å². The van der Waals surface area contributed by atoms with Crippen molar-refractivity contribution >= 4 is 24.0 Å². The summed E-state index contributed by atoms with van der Waals surface area (Å²) in [5.41, 5.74) is 8.73. The van der Waals surface area contributed by atoms with Crippen molar-refractivity contribution in [1.29, 1.82) is 0 Å². The fourth-order valence-corrected chi connectivity index (χ4v) is 5.15. The van der Waals surface area contributed by atoms with Crippen LogP contribution < -0.4 is 5.73 Å². The lowest BCUT2D eigenvalue weighted by Crippen LogP contribution is -2.50. The third-order valence-corrected chi connectivity index (χ3v) is 6.83. The second-order valence-corrected chi connectivity index (χ2v) is 8.61. The maximum absolute atomic E-state index is 10.5. The van der Waals surface area contributed by atoms with E-state index < -0.39 is 6.41 Å². The van der Waals surface area contributed by atoms with Crippen molar-refractivity contribution in [3.8, 4) is 0 Å². The monoisotopic (exact) mass is 436 g/mol. The van der Waals surface area contributed by atoms with Crippen molar-refractivity contribution in [2.24, 2.45) is 5.73 Å². The van der Waals surface area contributed by atoms with Gasteiger partial charge in [0.25, 0.3) is 0 Å². The van der Waals surface area contributed by atoms with Gasteiger partial charge in [-0.25, -0.2) is 4.90 Å². The summed E-state index contributed by atoms with van der Waals surface area (Å²) in [6.45, 7) is 1.19. The summed E-state index contributed by atoms with van der Waals surface area (Å²) in [6, 6.07) is 19.1. The fourth-order valence-electron chi connectivity index (χ4n) is 4.96. The first-order valence-electron chi connectivity index (χ1n) is 10.2. The van der Waals surface area contributed by atoms with Crippen molar-refractivity contribution in [2.45, 2.75) is 56.0 Å². The summed E-state index contributed by atoms with van der Waals surface area (Å²) in [5, 5.41) is 11.3. The van der Waals surface area contributed by atoms with Gasteiger partial charge in [-0.15, -0.1) is 12.4 Å². The van der Waals surface area contributed by atoms with Crippen molar-refractivity contribution in [3.05, 3.63) is 70.7 Å². The molecule has 29 heavy (non-hydrogen) atoms. The highest BCUT2D eigenvalue weighted by molar-refractivity contribution is 6.30. The number of nitrogens with two attached hydrogens (primary N) is 1. The molecule has 3 N–H and O–H groups in total. The SMILES string of the molecule is Cl.NCC1(c2cccc(Cl)c2)CCC(N2C(O)OC[C@@H]2Cc2ccccc2)CC1. The van der Waals surface area contributed by atoms with Crippen molar-refractivity contribution in [3.63, 3.8) is 0 Å². The Morgan fingerprint density at radius 2 is 1.83 bits per heavy atom. The van der Waals surface area contributed by atoms with Crippen LogP contribution in [0, 0.1) is 0 Å². The van der Waals surface area contributed by atoms with Gasteiger partial charge in [-0.2, -0.15) is 0 Å². The molecular weight excluding hydrogens is 407 g/mol. The van der Waals surface area contributed by atoms with Crippen LogP contribution in [-0.4, -0.2) is 41.7 Å². The molecule has 2 atom stereocenters. The molecule has 2 aromatic carbocycles. The highest BCUT2D eigenvalue weighted by Crippen LogP contribution is 2.42. The lowest BCUT2D eigenvalue weighted by atomic mass is 9.68. The molecule has 4 nitrogen and oxygen atoms in total. The molecule has 1 unspecified atom stereocenters. The molecule has 2 aromatic rings. The molecule has 1 saturated carbocycles. The molecule has 0 bridgehead atoms. The van der Waals surface area contributed by atoms with E-state index in [2.05, 4.69) is 41.3 Å². The van der Waals surface area contributed by atoms with Crippen LogP contribution in [-0.2, 0) is 16.6 Å². The summed E-state index contributed by atoms with van der Waals surface area (Å²) in [5.74, 6) is 0. The number of ether oxygens (including phenoxy) is 1. The van der Waals surface area contributed by atoms with Crippen LogP contribution >= 0.6 is 24.0 Å². The lowest BCUT2D eigenvalue weighted by Gasteiger charge is -2.44. The van der Waals surface area contributed by atoms with E-state index >= 15 is 0 Å². The number of rotatable bonds is 5. The van der Waals surface area contributed by atoms with Gasteiger partial charge < -0.3 is 15.6 Å². The van der Waals surface area contributed by atoms with E-state index in [0.717, 1.165) is 37.1 Å². The van der Waals surface area contributed by atoms with Crippen molar-refractivity contribution in [2.75, 3.05) is 13.2 Å². The summed E-state index contributed by atoms with van der Waals surface area (Å²) >= 11 is 6.23. The van der Waals surface area contributed by atoms with Crippen molar-refractivity contribution in [1.82, 2.24) is 4.90 Å². The van der Waals surface area contributed by atoms with Gasteiger partial charge in [0.2, 0.25) is 6.41 Å². The van der Waals surface area contributed by atoms with Crippen molar-refractivity contribution < 1.29 is 9.84 Å². The Kier molecular flexibility index (Phi) is 7.60. The maximum atomic E-state index is 10.5. The molecule has 2 fully saturated rings. The Bertz CT molecular complexity index is 781. The van der Waals surface area contributed by atoms with Crippen LogP contribution in [0.1, 0.15) is 36.8 Å². The normalized spacial score (nSPS) is 30.1. The van der Waals surface area contributed by atoms with E-state index in [-0.39, 0.29) is 23.9 Å². The molecule has 1 aliphatic heterocycles. The first kappa shape index (κ1) is 22.5. The average molecular weight is 437 g/mol. The highest BCUT2D eigenvalue weighted by atomic mass is 35.5. The second-order valence-electron chi connectivity index (χ2n) is 8.18. The molecule has 1 saturated heterocycles. The van der Waals surface area contributed by atoms with E-state index in [4.69, 9.17) is 22.1 Å². The zero-order valence-corrected chi connectivity index (χ0v) is 18.1. The number of hydrogen-bond acceptors (Lipinski definition) is 4. The van der Waals surface area contributed by atoms with E-state index in [1.807, 2.05) is 18.2 Å². The lowest BCUT2D eigenvalue weighted by molar-refractivity contribution is -0.153.